The molecule has 2 aromatic carbocycles. The van der Waals surface area contributed by atoms with Gasteiger partial charge in [-0.3, -0.25) is 0 Å². The average Bonchev–Trinajstić information content (AvgIpc) is 2.49. The Morgan fingerprint density at radius 2 is 1.86 bits per heavy atom. The van der Waals surface area contributed by atoms with Crippen molar-refractivity contribution >= 4 is 17.6 Å². The number of carbonyl (C=O) groups is 1. The quantitative estimate of drug-likeness (QED) is 0.886. The number of carboxylic acid groups (broad SMARTS) is 1. The molecule has 0 atom stereocenters. The van der Waals surface area contributed by atoms with Gasteiger partial charge in [0.25, 0.3) is 0 Å². The van der Waals surface area contributed by atoms with Crippen LogP contribution in [-0.2, 0) is 6.61 Å². The van der Waals surface area contributed by atoms with Crippen molar-refractivity contribution in [2.24, 2.45) is 0 Å². The summed E-state index contributed by atoms with van der Waals surface area (Å²) >= 11 is 6.01. The Morgan fingerprint density at radius 3 is 2.43 bits per heavy atom. The lowest BCUT2D eigenvalue weighted by Gasteiger charge is -2.12. The fourth-order valence-corrected chi connectivity index (χ4v) is 1.95. The van der Waals surface area contributed by atoms with Gasteiger partial charge in [-0.1, -0.05) is 17.7 Å². The van der Waals surface area contributed by atoms with E-state index in [0.717, 1.165) is 0 Å². The minimum absolute atomic E-state index is 0.0787. The smallest absolute Gasteiger partial charge is 0.335 e. The first kappa shape index (κ1) is 15.2. The molecule has 0 spiro atoms. The van der Waals surface area contributed by atoms with Gasteiger partial charge in [0.15, 0.2) is 11.5 Å². The van der Waals surface area contributed by atoms with Gasteiger partial charge in [0, 0.05) is 0 Å². The number of aliphatic hydroxyl groups excluding tert-OH is 1. The zero-order valence-corrected chi connectivity index (χ0v) is 11.9. The van der Waals surface area contributed by atoms with Crippen LogP contribution in [0.1, 0.15) is 15.9 Å². The molecule has 0 fully saturated rings. The van der Waals surface area contributed by atoms with Crippen LogP contribution in [0.25, 0.3) is 0 Å². The third kappa shape index (κ3) is 3.45. The van der Waals surface area contributed by atoms with Gasteiger partial charge in [-0.2, -0.15) is 0 Å². The molecule has 5 nitrogen and oxygen atoms in total. The number of ether oxygens (including phenoxy) is 2. The SMILES string of the molecule is COc1cc(CO)ccc1Oc1ccc(C(=O)O)cc1Cl. The first-order valence-corrected chi connectivity index (χ1v) is 6.41. The molecule has 2 rings (SSSR count). The van der Waals surface area contributed by atoms with Crippen molar-refractivity contribution in [1.29, 1.82) is 0 Å². The molecule has 21 heavy (non-hydrogen) atoms. The number of hydrogen-bond donors (Lipinski definition) is 2. The molecule has 0 bridgehead atoms. The summed E-state index contributed by atoms with van der Waals surface area (Å²) in [5, 5.41) is 18.2. The van der Waals surface area contributed by atoms with Crippen molar-refractivity contribution in [3.05, 3.63) is 52.5 Å². The predicted molar refractivity (Wildman–Crippen MR) is 77.4 cm³/mol. The van der Waals surface area contributed by atoms with Gasteiger partial charge < -0.3 is 19.7 Å². The number of methoxy groups -OCH3 is 1. The van der Waals surface area contributed by atoms with Crippen LogP contribution >= 0.6 is 11.6 Å². The first-order valence-electron chi connectivity index (χ1n) is 6.03. The Labute approximate surface area is 126 Å². The molecule has 0 aliphatic rings. The third-order valence-corrected chi connectivity index (χ3v) is 3.10. The van der Waals surface area contributed by atoms with E-state index in [4.69, 9.17) is 31.3 Å². The molecule has 0 radical (unpaired) electrons. The van der Waals surface area contributed by atoms with Crippen molar-refractivity contribution in [2.45, 2.75) is 6.61 Å². The van der Waals surface area contributed by atoms with E-state index in [0.29, 0.717) is 22.8 Å². The van der Waals surface area contributed by atoms with Gasteiger partial charge in [0.2, 0.25) is 0 Å². The van der Waals surface area contributed by atoms with Gasteiger partial charge >= 0.3 is 5.97 Å². The summed E-state index contributed by atoms with van der Waals surface area (Å²) < 4.78 is 10.8. The normalized spacial score (nSPS) is 10.2. The highest BCUT2D eigenvalue weighted by Crippen LogP contribution is 2.36. The van der Waals surface area contributed by atoms with Gasteiger partial charge in [-0.25, -0.2) is 4.79 Å². The number of hydrogen-bond acceptors (Lipinski definition) is 4. The zero-order chi connectivity index (χ0) is 15.4. The summed E-state index contributed by atoms with van der Waals surface area (Å²) in [5.74, 6) is 0.115. The second-order valence-corrected chi connectivity index (χ2v) is 4.60. The van der Waals surface area contributed by atoms with Crippen LogP contribution in [0.5, 0.6) is 17.2 Å². The number of benzene rings is 2. The van der Waals surface area contributed by atoms with Gasteiger partial charge in [-0.15, -0.1) is 0 Å². The minimum atomic E-state index is -1.06. The molecule has 0 aromatic heterocycles. The summed E-state index contributed by atoms with van der Waals surface area (Å²) in [4.78, 5) is 10.9. The maximum Gasteiger partial charge on any atom is 0.335 e. The van der Waals surface area contributed by atoms with Crippen LogP contribution in [-0.4, -0.2) is 23.3 Å². The second kappa shape index (κ2) is 6.47. The lowest BCUT2D eigenvalue weighted by molar-refractivity contribution is 0.0697. The first-order chi connectivity index (χ1) is 10.0. The van der Waals surface area contributed by atoms with Crippen LogP contribution in [0.2, 0.25) is 5.02 Å². The Hall–Kier alpha value is -2.24. The minimum Gasteiger partial charge on any atom is -0.493 e. The summed E-state index contributed by atoms with van der Waals surface area (Å²) in [6.07, 6.45) is 0. The van der Waals surface area contributed by atoms with Crippen LogP contribution in [0.15, 0.2) is 36.4 Å². The molecule has 0 heterocycles. The molecule has 2 N–H and O–H groups in total. The molecular weight excluding hydrogens is 296 g/mol. The molecule has 0 saturated heterocycles. The monoisotopic (exact) mass is 308 g/mol. The maximum atomic E-state index is 10.9. The van der Waals surface area contributed by atoms with Crippen molar-refractivity contribution in [3.63, 3.8) is 0 Å². The van der Waals surface area contributed by atoms with Gasteiger partial charge in [0.05, 0.1) is 24.3 Å². The van der Waals surface area contributed by atoms with E-state index < -0.39 is 5.97 Å². The summed E-state index contributed by atoms with van der Waals surface area (Å²) in [6.45, 7) is -0.106. The molecule has 110 valence electrons. The fourth-order valence-electron chi connectivity index (χ4n) is 1.73. The van der Waals surface area contributed by atoms with E-state index in [2.05, 4.69) is 0 Å². The zero-order valence-electron chi connectivity index (χ0n) is 11.2. The van der Waals surface area contributed by atoms with E-state index in [-0.39, 0.29) is 17.2 Å². The second-order valence-electron chi connectivity index (χ2n) is 4.20. The van der Waals surface area contributed by atoms with E-state index >= 15 is 0 Å². The van der Waals surface area contributed by atoms with Crippen LogP contribution < -0.4 is 9.47 Å². The summed E-state index contributed by atoms with van der Waals surface area (Å²) in [5.41, 5.74) is 0.765. The van der Waals surface area contributed by atoms with Crippen molar-refractivity contribution < 1.29 is 24.5 Å². The fraction of sp³-hybridized carbons (Fsp3) is 0.133. The lowest BCUT2D eigenvalue weighted by Crippen LogP contribution is -1.97. The number of carboxylic acids is 1. The van der Waals surface area contributed by atoms with Crippen molar-refractivity contribution in [1.82, 2.24) is 0 Å². The molecular formula is C15H13ClO5. The van der Waals surface area contributed by atoms with E-state index in [9.17, 15) is 4.79 Å². The highest BCUT2D eigenvalue weighted by molar-refractivity contribution is 6.32. The molecule has 6 heteroatoms. The molecule has 0 saturated carbocycles. The van der Waals surface area contributed by atoms with Crippen molar-refractivity contribution in [3.8, 4) is 17.2 Å². The Kier molecular flexibility index (Phi) is 4.67. The third-order valence-electron chi connectivity index (χ3n) is 2.81. The van der Waals surface area contributed by atoms with Gasteiger partial charge in [0.1, 0.15) is 5.75 Å². The Morgan fingerprint density at radius 1 is 1.14 bits per heavy atom. The Bertz CT molecular complexity index is 669. The van der Waals surface area contributed by atoms with Gasteiger partial charge in [-0.05, 0) is 35.9 Å². The largest absolute Gasteiger partial charge is 0.493 e. The summed E-state index contributed by atoms with van der Waals surface area (Å²) in [7, 11) is 1.48. The van der Waals surface area contributed by atoms with E-state index in [1.54, 1.807) is 18.2 Å². The summed E-state index contributed by atoms with van der Waals surface area (Å²) in [6, 6.07) is 9.18. The topological polar surface area (TPSA) is 76.0 Å². The van der Waals surface area contributed by atoms with Crippen LogP contribution in [0.3, 0.4) is 0 Å². The van der Waals surface area contributed by atoms with Crippen LogP contribution in [0, 0.1) is 0 Å². The van der Waals surface area contributed by atoms with Crippen LogP contribution in [0.4, 0.5) is 0 Å². The molecule has 0 unspecified atom stereocenters. The highest BCUT2D eigenvalue weighted by atomic mass is 35.5. The van der Waals surface area contributed by atoms with E-state index in [1.807, 2.05) is 0 Å². The highest BCUT2D eigenvalue weighted by Gasteiger charge is 2.11. The molecule has 2 aromatic rings. The molecule has 0 amide bonds. The lowest BCUT2D eigenvalue weighted by atomic mass is 10.2. The predicted octanol–water partition coefficient (Wildman–Crippen LogP) is 3.33. The number of aliphatic hydroxyl groups is 1. The maximum absolute atomic E-state index is 10.9. The number of rotatable bonds is 5. The molecule has 0 aliphatic heterocycles. The van der Waals surface area contributed by atoms with Crippen molar-refractivity contribution in [2.75, 3.05) is 7.11 Å². The number of halogens is 1. The number of aromatic carboxylic acids is 1. The molecule has 0 aliphatic carbocycles. The standard InChI is InChI=1S/C15H13ClO5/c1-20-14-6-9(8-17)2-4-13(14)21-12-5-3-10(15(18)19)7-11(12)16/h2-7,17H,8H2,1H3,(H,18,19). The van der Waals surface area contributed by atoms with E-state index in [1.165, 1.54) is 25.3 Å². The average molecular weight is 309 g/mol. The Balaban J connectivity index is 2.32.